The van der Waals surface area contributed by atoms with Crippen LogP contribution in [0.15, 0.2) is 41.3 Å². The van der Waals surface area contributed by atoms with Gasteiger partial charge in [0.2, 0.25) is 10.0 Å². The summed E-state index contributed by atoms with van der Waals surface area (Å²) in [6.45, 7) is 3.70. The number of nitrogens with zero attached hydrogens (tertiary/aromatic N) is 1. The van der Waals surface area contributed by atoms with Crippen molar-refractivity contribution in [1.82, 2.24) is 4.31 Å². The topological polar surface area (TPSA) is 63.5 Å². The molecule has 1 aromatic rings. The molecular weight excluding hydrogens is 278 g/mol. The van der Waals surface area contributed by atoms with E-state index < -0.39 is 16.0 Å². The van der Waals surface area contributed by atoms with Crippen LogP contribution >= 0.6 is 0 Å². The van der Waals surface area contributed by atoms with Crippen molar-refractivity contribution in [1.29, 1.82) is 0 Å². The van der Waals surface area contributed by atoms with Gasteiger partial charge in [-0.1, -0.05) is 23.8 Å². The summed E-state index contributed by atoms with van der Waals surface area (Å²) in [7, 11) is -2.22. The Balaban J connectivity index is 2.18. The highest BCUT2D eigenvalue weighted by molar-refractivity contribution is 7.89. The molecule has 6 heteroatoms. The van der Waals surface area contributed by atoms with Crippen molar-refractivity contribution < 1.29 is 17.9 Å². The first-order valence-electron chi connectivity index (χ1n) is 6.24. The Morgan fingerprint density at radius 1 is 1.30 bits per heavy atom. The summed E-state index contributed by atoms with van der Waals surface area (Å²) in [6.07, 6.45) is 2.81. The molecule has 1 saturated heterocycles. The van der Waals surface area contributed by atoms with Gasteiger partial charge in [0.1, 0.15) is 0 Å². The highest BCUT2D eigenvalue weighted by atomic mass is 32.2. The van der Waals surface area contributed by atoms with Crippen LogP contribution in [0.5, 0.6) is 0 Å². The smallest absolute Gasteiger partial charge is 0.330 e. The van der Waals surface area contributed by atoms with Crippen molar-refractivity contribution in [2.24, 2.45) is 0 Å². The minimum Gasteiger partial charge on any atom is -0.466 e. The summed E-state index contributed by atoms with van der Waals surface area (Å²) in [4.78, 5) is 11.3. The highest BCUT2D eigenvalue weighted by Crippen LogP contribution is 2.36. The van der Waals surface area contributed by atoms with Gasteiger partial charge in [0.15, 0.2) is 0 Å². The number of hydrogen-bond acceptors (Lipinski definition) is 4. The largest absolute Gasteiger partial charge is 0.466 e. The zero-order valence-electron chi connectivity index (χ0n) is 11.6. The lowest BCUT2D eigenvalue weighted by atomic mass is 10.2. The number of carbonyl (C=O) groups excluding carboxylic acids is 1. The molecule has 0 saturated carbocycles. The van der Waals surface area contributed by atoms with Crippen LogP contribution in [0.25, 0.3) is 0 Å². The quantitative estimate of drug-likeness (QED) is 0.479. The van der Waals surface area contributed by atoms with E-state index >= 15 is 0 Å². The van der Waals surface area contributed by atoms with Gasteiger partial charge in [-0.25, -0.2) is 13.2 Å². The van der Waals surface area contributed by atoms with Gasteiger partial charge < -0.3 is 4.74 Å². The summed E-state index contributed by atoms with van der Waals surface area (Å²) in [5.74, 6) is -0.489. The molecular formula is C14H17NO4S. The summed E-state index contributed by atoms with van der Waals surface area (Å²) >= 11 is 0. The summed E-state index contributed by atoms with van der Waals surface area (Å²) in [6, 6.07) is 6.27. The molecule has 1 fully saturated rings. The maximum atomic E-state index is 12.4. The van der Waals surface area contributed by atoms with E-state index in [1.165, 1.54) is 17.5 Å². The number of hydrogen-bond donors (Lipinski definition) is 0. The average Bonchev–Trinajstić information content (AvgIpc) is 3.07. The second kappa shape index (κ2) is 5.38. The van der Waals surface area contributed by atoms with E-state index in [1.807, 2.05) is 6.92 Å². The molecule has 20 heavy (non-hydrogen) atoms. The number of aryl methyl sites for hydroxylation is 1. The zero-order valence-corrected chi connectivity index (χ0v) is 12.4. The Labute approximate surface area is 118 Å². The molecule has 0 bridgehead atoms. The van der Waals surface area contributed by atoms with Crippen molar-refractivity contribution >= 4 is 16.0 Å². The summed E-state index contributed by atoms with van der Waals surface area (Å²) in [5.41, 5.74) is 1.00. The molecule has 1 aliphatic heterocycles. The van der Waals surface area contributed by atoms with Crippen LogP contribution in [-0.4, -0.2) is 37.9 Å². The second-order valence-corrected chi connectivity index (χ2v) is 6.60. The van der Waals surface area contributed by atoms with Crippen molar-refractivity contribution in [2.75, 3.05) is 7.11 Å². The predicted molar refractivity (Wildman–Crippen MR) is 74.6 cm³/mol. The molecule has 108 valence electrons. The Kier molecular flexibility index (Phi) is 3.96. The molecule has 3 atom stereocenters. The van der Waals surface area contributed by atoms with Gasteiger partial charge in [0.05, 0.1) is 18.0 Å². The van der Waals surface area contributed by atoms with Crippen LogP contribution in [0.4, 0.5) is 0 Å². The van der Waals surface area contributed by atoms with Crippen LogP contribution in [-0.2, 0) is 19.6 Å². The monoisotopic (exact) mass is 295 g/mol. The van der Waals surface area contributed by atoms with Crippen molar-refractivity contribution in [3.8, 4) is 0 Å². The third kappa shape index (κ3) is 2.76. The van der Waals surface area contributed by atoms with E-state index in [-0.39, 0.29) is 17.0 Å². The molecule has 0 N–H and O–H groups in total. The molecule has 0 aromatic heterocycles. The predicted octanol–water partition coefficient (Wildman–Crippen LogP) is 1.49. The van der Waals surface area contributed by atoms with Crippen LogP contribution < -0.4 is 0 Å². The molecule has 0 radical (unpaired) electrons. The van der Waals surface area contributed by atoms with Crippen LogP contribution in [0.1, 0.15) is 12.5 Å². The summed E-state index contributed by atoms with van der Waals surface area (Å²) in [5, 5.41) is 0. The fraction of sp³-hybridized carbons (Fsp3) is 0.357. The molecule has 0 amide bonds. The minimum absolute atomic E-state index is 0.151. The maximum absolute atomic E-state index is 12.4. The van der Waals surface area contributed by atoms with Crippen molar-refractivity contribution in [3.63, 3.8) is 0 Å². The molecule has 1 unspecified atom stereocenters. The number of methoxy groups -OCH3 is 1. The third-order valence-electron chi connectivity index (χ3n) is 3.33. The number of sulfonamides is 1. The van der Waals surface area contributed by atoms with E-state index in [0.29, 0.717) is 0 Å². The SMILES string of the molecule is COC(=O)/C=C/[C@H]1[C@H](C)N1S(=O)(=O)c1ccc(C)cc1. The van der Waals surface area contributed by atoms with Gasteiger partial charge in [-0.05, 0) is 26.0 Å². The first-order chi connectivity index (χ1) is 9.37. The first-order valence-corrected chi connectivity index (χ1v) is 7.68. The lowest BCUT2D eigenvalue weighted by Crippen LogP contribution is -2.15. The Bertz CT molecular complexity index is 634. The van der Waals surface area contributed by atoms with E-state index in [4.69, 9.17) is 0 Å². The normalized spacial score (nSPS) is 25.6. The van der Waals surface area contributed by atoms with Gasteiger partial charge in [-0.15, -0.1) is 0 Å². The lowest BCUT2D eigenvalue weighted by molar-refractivity contribution is -0.134. The van der Waals surface area contributed by atoms with E-state index in [9.17, 15) is 13.2 Å². The molecule has 1 aliphatic rings. The van der Waals surface area contributed by atoms with E-state index in [1.54, 1.807) is 37.3 Å². The van der Waals surface area contributed by atoms with Gasteiger partial charge in [0.25, 0.3) is 0 Å². The number of rotatable bonds is 4. The Hall–Kier alpha value is -1.66. The van der Waals surface area contributed by atoms with Crippen LogP contribution in [0.2, 0.25) is 0 Å². The average molecular weight is 295 g/mol. The molecule has 5 nitrogen and oxygen atoms in total. The third-order valence-corrected chi connectivity index (χ3v) is 5.33. The Morgan fingerprint density at radius 3 is 2.45 bits per heavy atom. The van der Waals surface area contributed by atoms with E-state index in [0.717, 1.165) is 5.56 Å². The van der Waals surface area contributed by atoms with Crippen LogP contribution in [0, 0.1) is 6.92 Å². The van der Waals surface area contributed by atoms with E-state index in [2.05, 4.69) is 4.74 Å². The molecule has 1 heterocycles. The fourth-order valence-electron chi connectivity index (χ4n) is 2.05. The molecule has 1 aromatic carbocycles. The minimum atomic E-state index is -3.51. The zero-order chi connectivity index (χ0) is 14.9. The first kappa shape index (κ1) is 14.7. The molecule has 0 spiro atoms. The number of esters is 1. The van der Waals surface area contributed by atoms with Crippen molar-refractivity contribution in [3.05, 3.63) is 42.0 Å². The van der Waals surface area contributed by atoms with Gasteiger partial charge in [-0.2, -0.15) is 4.31 Å². The van der Waals surface area contributed by atoms with Gasteiger partial charge >= 0.3 is 5.97 Å². The van der Waals surface area contributed by atoms with Crippen molar-refractivity contribution in [2.45, 2.75) is 30.8 Å². The Morgan fingerprint density at radius 2 is 1.90 bits per heavy atom. The maximum Gasteiger partial charge on any atom is 0.330 e. The standard InChI is InChI=1S/C14H17NO4S/c1-10-4-6-12(7-5-10)20(17,18)15-11(2)13(15)8-9-14(16)19-3/h4-9,11,13H,1-3H3/b9-8+/t11-,13-,15?/m0/s1. The molecule has 0 aliphatic carbocycles. The highest BCUT2D eigenvalue weighted by Gasteiger charge is 2.51. The van der Waals surface area contributed by atoms with Gasteiger partial charge in [0, 0.05) is 12.1 Å². The van der Waals surface area contributed by atoms with Crippen LogP contribution in [0.3, 0.4) is 0 Å². The second-order valence-electron chi connectivity index (χ2n) is 4.76. The number of ether oxygens (including phenoxy) is 1. The molecule has 2 rings (SSSR count). The van der Waals surface area contributed by atoms with Gasteiger partial charge in [-0.3, -0.25) is 0 Å². The fourth-order valence-corrected chi connectivity index (χ4v) is 3.85. The number of benzene rings is 1. The summed E-state index contributed by atoms with van der Waals surface area (Å²) < 4.78 is 30.7. The lowest BCUT2D eigenvalue weighted by Gasteiger charge is -2.05. The number of carbonyl (C=O) groups is 1.